The monoisotopic (exact) mass is 320 g/mol. The van der Waals surface area contributed by atoms with Gasteiger partial charge in [-0.3, -0.25) is 4.79 Å². The van der Waals surface area contributed by atoms with Crippen molar-refractivity contribution in [3.8, 4) is 11.3 Å². The number of rotatable bonds is 4. The van der Waals surface area contributed by atoms with Crippen LogP contribution in [-0.4, -0.2) is 11.1 Å². The van der Waals surface area contributed by atoms with Gasteiger partial charge in [0.25, 0.3) is 5.91 Å². The van der Waals surface area contributed by atoms with Crippen LogP contribution in [0.15, 0.2) is 59.1 Å². The molecule has 0 aliphatic heterocycles. The van der Waals surface area contributed by atoms with E-state index >= 15 is 0 Å². The topological polar surface area (TPSA) is 55.1 Å². The Bertz CT molecular complexity index is 836. The molecule has 0 radical (unpaired) electrons. The number of hydrogen-bond donors (Lipinski definition) is 1. The molecule has 0 aliphatic carbocycles. The molecule has 0 aliphatic rings. The van der Waals surface area contributed by atoms with Crippen LogP contribution in [0.4, 0.5) is 0 Å². The van der Waals surface area contributed by atoms with Gasteiger partial charge in [-0.1, -0.05) is 65.3 Å². The standard InChI is InChI=1S/C20H20N2O2/c1-13-9-11-16(12-10-13)14(2)21-20(23)18-15(3)24-22-19(18)17-7-5-4-6-8-17/h4-12,14H,1-3H3,(H,21,23). The Kier molecular flexibility index (Phi) is 4.47. The predicted molar refractivity (Wildman–Crippen MR) is 93.7 cm³/mol. The van der Waals surface area contributed by atoms with E-state index in [0.29, 0.717) is 17.0 Å². The molecule has 1 unspecified atom stereocenters. The Morgan fingerprint density at radius 2 is 1.71 bits per heavy atom. The maximum absolute atomic E-state index is 12.8. The molecule has 0 fully saturated rings. The van der Waals surface area contributed by atoms with E-state index < -0.39 is 0 Å². The summed E-state index contributed by atoms with van der Waals surface area (Å²) >= 11 is 0. The number of amides is 1. The molecule has 1 amide bonds. The molecule has 4 heteroatoms. The minimum atomic E-state index is -0.180. The van der Waals surface area contributed by atoms with Crippen molar-refractivity contribution in [2.24, 2.45) is 0 Å². The van der Waals surface area contributed by atoms with Crippen LogP contribution in [0.25, 0.3) is 11.3 Å². The third-order valence-corrected chi connectivity index (χ3v) is 4.06. The maximum Gasteiger partial charge on any atom is 0.257 e. The summed E-state index contributed by atoms with van der Waals surface area (Å²) in [6.45, 7) is 5.76. The molecule has 1 N–H and O–H groups in total. The van der Waals surface area contributed by atoms with Gasteiger partial charge in [-0.15, -0.1) is 0 Å². The van der Waals surface area contributed by atoms with Crippen molar-refractivity contribution in [1.82, 2.24) is 10.5 Å². The Hall–Kier alpha value is -2.88. The van der Waals surface area contributed by atoms with Gasteiger partial charge in [0.05, 0.1) is 6.04 Å². The summed E-state index contributed by atoms with van der Waals surface area (Å²) in [6, 6.07) is 17.6. The van der Waals surface area contributed by atoms with Crippen LogP contribution in [0.2, 0.25) is 0 Å². The summed E-state index contributed by atoms with van der Waals surface area (Å²) in [5.74, 6) is 0.336. The third kappa shape index (κ3) is 3.23. The van der Waals surface area contributed by atoms with Crippen LogP contribution in [0.5, 0.6) is 0 Å². The van der Waals surface area contributed by atoms with Crippen molar-refractivity contribution in [2.75, 3.05) is 0 Å². The molecule has 0 spiro atoms. The van der Waals surface area contributed by atoms with Gasteiger partial charge in [-0.05, 0) is 26.3 Å². The largest absolute Gasteiger partial charge is 0.360 e. The molecule has 2 aromatic carbocycles. The van der Waals surface area contributed by atoms with E-state index in [1.807, 2.05) is 68.4 Å². The normalized spacial score (nSPS) is 12.0. The highest BCUT2D eigenvalue weighted by Gasteiger charge is 2.22. The number of carbonyl (C=O) groups excluding carboxylic acids is 1. The molecular formula is C20H20N2O2. The smallest absolute Gasteiger partial charge is 0.257 e. The molecule has 4 nitrogen and oxygen atoms in total. The Morgan fingerprint density at radius 1 is 1.04 bits per heavy atom. The first kappa shape index (κ1) is 16.0. The zero-order chi connectivity index (χ0) is 17.1. The zero-order valence-electron chi connectivity index (χ0n) is 14.0. The van der Waals surface area contributed by atoms with Crippen molar-refractivity contribution in [1.29, 1.82) is 0 Å². The van der Waals surface area contributed by atoms with E-state index in [4.69, 9.17) is 4.52 Å². The highest BCUT2D eigenvalue weighted by Crippen LogP contribution is 2.25. The zero-order valence-corrected chi connectivity index (χ0v) is 14.0. The first-order valence-corrected chi connectivity index (χ1v) is 7.95. The van der Waals surface area contributed by atoms with E-state index in [9.17, 15) is 4.79 Å². The van der Waals surface area contributed by atoms with Crippen molar-refractivity contribution in [3.63, 3.8) is 0 Å². The summed E-state index contributed by atoms with van der Waals surface area (Å²) in [5.41, 5.74) is 4.17. The van der Waals surface area contributed by atoms with Gasteiger partial charge in [-0.2, -0.15) is 0 Å². The summed E-state index contributed by atoms with van der Waals surface area (Å²) in [7, 11) is 0. The SMILES string of the molecule is Cc1ccc(C(C)NC(=O)c2c(-c3ccccc3)noc2C)cc1. The second-order valence-electron chi connectivity index (χ2n) is 5.93. The summed E-state index contributed by atoms with van der Waals surface area (Å²) in [4.78, 5) is 12.8. The van der Waals surface area contributed by atoms with E-state index in [2.05, 4.69) is 10.5 Å². The minimum Gasteiger partial charge on any atom is -0.360 e. The van der Waals surface area contributed by atoms with Gasteiger partial charge in [0.1, 0.15) is 17.0 Å². The van der Waals surface area contributed by atoms with Crippen LogP contribution < -0.4 is 5.32 Å². The number of aryl methyl sites for hydroxylation is 2. The minimum absolute atomic E-state index is 0.101. The lowest BCUT2D eigenvalue weighted by atomic mass is 10.0. The van der Waals surface area contributed by atoms with Gasteiger partial charge < -0.3 is 9.84 Å². The van der Waals surface area contributed by atoms with Crippen LogP contribution in [-0.2, 0) is 0 Å². The number of carbonyl (C=O) groups is 1. The van der Waals surface area contributed by atoms with Crippen LogP contribution in [0, 0.1) is 13.8 Å². The molecule has 0 bridgehead atoms. The van der Waals surface area contributed by atoms with E-state index in [0.717, 1.165) is 11.1 Å². The highest BCUT2D eigenvalue weighted by molar-refractivity contribution is 6.00. The van der Waals surface area contributed by atoms with Crippen molar-refractivity contribution >= 4 is 5.91 Å². The van der Waals surface area contributed by atoms with Crippen LogP contribution in [0.1, 0.15) is 40.2 Å². The van der Waals surface area contributed by atoms with E-state index in [1.165, 1.54) is 5.56 Å². The molecule has 24 heavy (non-hydrogen) atoms. The van der Waals surface area contributed by atoms with Gasteiger partial charge in [0, 0.05) is 5.56 Å². The third-order valence-electron chi connectivity index (χ3n) is 4.06. The summed E-state index contributed by atoms with van der Waals surface area (Å²) in [5, 5.41) is 7.09. The molecule has 0 saturated heterocycles. The lowest BCUT2D eigenvalue weighted by Gasteiger charge is -2.14. The molecule has 3 aromatic rings. The average Bonchev–Trinajstić information content (AvgIpc) is 2.98. The highest BCUT2D eigenvalue weighted by atomic mass is 16.5. The van der Waals surface area contributed by atoms with Gasteiger partial charge in [0.2, 0.25) is 0 Å². The molecular weight excluding hydrogens is 300 g/mol. The van der Waals surface area contributed by atoms with Crippen molar-refractivity contribution in [2.45, 2.75) is 26.8 Å². The number of nitrogens with zero attached hydrogens (tertiary/aromatic N) is 1. The summed E-state index contributed by atoms with van der Waals surface area (Å²) < 4.78 is 5.26. The second-order valence-corrected chi connectivity index (χ2v) is 5.93. The fourth-order valence-electron chi connectivity index (χ4n) is 2.64. The number of hydrogen-bond acceptors (Lipinski definition) is 3. The first-order valence-electron chi connectivity index (χ1n) is 7.95. The quantitative estimate of drug-likeness (QED) is 0.772. The number of aromatic nitrogens is 1. The van der Waals surface area contributed by atoms with Gasteiger partial charge in [0.15, 0.2) is 0 Å². The molecule has 1 atom stereocenters. The first-order chi connectivity index (χ1) is 11.6. The lowest BCUT2D eigenvalue weighted by Crippen LogP contribution is -2.27. The molecule has 3 rings (SSSR count). The average molecular weight is 320 g/mol. The Labute approximate surface area is 141 Å². The van der Waals surface area contributed by atoms with Crippen molar-refractivity contribution in [3.05, 3.63) is 77.0 Å². The fraction of sp³-hybridized carbons (Fsp3) is 0.200. The number of nitrogens with one attached hydrogen (secondary N) is 1. The van der Waals surface area contributed by atoms with E-state index in [1.54, 1.807) is 6.92 Å². The molecule has 1 heterocycles. The predicted octanol–water partition coefficient (Wildman–Crippen LogP) is 4.45. The van der Waals surface area contributed by atoms with Crippen molar-refractivity contribution < 1.29 is 9.32 Å². The Balaban J connectivity index is 1.85. The lowest BCUT2D eigenvalue weighted by molar-refractivity contribution is 0.0939. The Morgan fingerprint density at radius 3 is 2.38 bits per heavy atom. The summed E-state index contributed by atoms with van der Waals surface area (Å²) in [6.07, 6.45) is 0. The number of benzene rings is 2. The maximum atomic E-state index is 12.8. The van der Waals surface area contributed by atoms with Gasteiger partial charge >= 0.3 is 0 Å². The molecule has 1 aromatic heterocycles. The second kappa shape index (κ2) is 6.71. The van der Waals surface area contributed by atoms with Gasteiger partial charge in [-0.25, -0.2) is 0 Å². The van der Waals surface area contributed by atoms with Crippen LogP contribution in [0.3, 0.4) is 0 Å². The molecule has 0 saturated carbocycles. The van der Waals surface area contributed by atoms with Crippen LogP contribution >= 0.6 is 0 Å². The fourth-order valence-corrected chi connectivity index (χ4v) is 2.64. The molecule has 122 valence electrons. The van der Waals surface area contributed by atoms with E-state index in [-0.39, 0.29) is 11.9 Å².